The summed E-state index contributed by atoms with van der Waals surface area (Å²) >= 11 is 0. The van der Waals surface area contributed by atoms with E-state index in [0.717, 1.165) is 23.1 Å². The number of amides is 2. The second kappa shape index (κ2) is 8.54. The fraction of sp³-hybridized carbons (Fsp3) is 0.273. The molecule has 27 heavy (non-hydrogen) atoms. The number of ether oxygens (including phenoxy) is 1. The molecule has 1 N–H and O–H groups in total. The lowest BCUT2D eigenvalue weighted by Gasteiger charge is -2.28. The Labute approximate surface area is 159 Å². The van der Waals surface area contributed by atoms with Crippen LogP contribution in [0.1, 0.15) is 35.2 Å². The number of nitrogens with zero attached hydrogens (tertiary/aromatic N) is 1. The van der Waals surface area contributed by atoms with Crippen molar-refractivity contribution in [1.82, 2.24) is 10.2 Å². The van der Waals surface area contributed by atoms with Crippen LogP contribution >= 0.6 is 0 Å². The van der Waals surface area contributed by atoms with Crippen molar-refractivity contribution in [3.8, 4) is 0 Å². The number of rotatable bonds is 4. The second-order valence-electron chi connectivity index (χ2n) is 6.64. The number of nitrogens with one attached hydrogen (secondary N) is 1. The van der Waals surface area contributed by atoms with E-state index in [4.69, 9.17) is 4.74 Å². The molecule has 3 rings (SSSR count). The Kier molecular flexibility index (Phi) is 5.91. The van der Waals surface area contributed by atoms with Gasteiger partial charge in [0, 0.05) is 19.2 Å². The molecule has 0 fully saturated rings. The van der Waals surface area contributed by atoms with E-state index in [1.165, 1.54) is 12.7 Å². The minimum Gasteiger partial charge on any atom is -0.453 e. The largest absolute Gasteiger partial charge is 0.453 e. The van der Waals surface area contributed by atoms with E-state index in [1.807, 2.05) is 43.3 Å². The SMILES string of the molecule is COC(=O)N1CCc2ccc(C(C)NC(=O)/C=C/c3ccccc3)cc2C1. The molecule has 0 saturated heterocycles. The lowest BCUT2D eigenvalue weighted by Crippen LogP contribution is -2.36. The maximum absolute atomic E-state index is 12.2. The Morgan fingerprint density at radius 3 is 2.67 bits per heavy atom. The topological polar surface area (TPSA) is 58.6 Å². The molecule has 0 spiro atoms. The van der Waals surface area contributed by atoms with Gasteiger partial charge in [-0.3, -0.25) is 4.79 Å². The van der Waals surface area contributed by atoms with E-state index in [9.17, 15) is 9.59 Å². The molecular formula is C22H24N2O3. The Morgan fingerprint density at radius 2 is 1.93 bits per heavy atom. The number of fused-ring (bicyclic) bond motifs is 1. The number of carbonyl (C=O) groups is 2. The van der Waals surface area contributed by atoms with Crippen LogP contribution in [0.2, 0.25) is 0 Å². The first-order valence-corrected chi connectivity index (χ1v) is 9.05. The summed E-state index contributed by atoms with van der Waals surface area (Å²) in [7, 11) is 1.40. The van der Waals surface area contributed by atoms with Gasteiger partial charge in [-0.15, -0.1) is 0 Å². The van der Waals surface area contributed by atoms with Crippen molar-refractivity contribution in [3.05, 3.63) is 76.9 Å². The average molecular weight is 364 g/mol. The Morgan fingerprint density at radius 1 is 1.15 bits per heavy atom. The maximum Gasteiger partial charge on any atom is 0.409 e. The van der Waals surface area contributed by atoms with Crippen LogP contribution in [0.5, 0.6) is 0 Å². The van der Waals surface area contributed by atoms with Gasteiger partial charge in [-0.2, -0.15) is 0 Å². The van der Waals surface area contributed by atoms with Crippen molar-refractivity contribution in [2.75, 3.05) is 13.7 Å². The predicted octanol–water partition coefficient (Wildman–Crippen LogP) is 3.70. The first-order valence-electron chi connectivity index (χ1n) is 9.05. The first kappa shape index (κ1) is 18.7. The monoisotopic (exact) mass is 364 g/mol. The van der Waals surface area contributed by atoms with Crippen LogP contribution in [0.25, 0.3) is 6.08 Å². The van der Waals surface area contributed by atoms with Crippen molar-refractivity contribution < 1.29 is 14.3 Å². The molecule has 0 radical (unpaired) electrons. The zero-order valence-corrected chi connectivity index (χ0v) is 15.6. The quantitative estimate of drug-likeness (QED) is 0.842. The third kappa shape index (κ3) is 4.76. The lowest BCUT2D eigenvalue weighted by atomic mass is 9.95. The smallest absolute Gasteiger partial charge is 0.409 e. The summed E-state index contributed by atoms with van der Waals surface area (Å²) in [6.45, 7) is 3.15. The molecule has 0 aromatic heterocycles. The van der Waals surface area contributed by atoms with E-state index in [2.05, 4.69) is 17.4 Å². The minimum atomic E-state index is -0.307. The summed E-state index contributed by atoms with van der Waals surface area (Å²) in [4.78, 5) is 25.7. The molecule has 1 aliphatic heterocycles. The molecule has 0 saturated carbocycles. The predicted molar refractivity (Wildman–Crippen MR) is 105 cm³/mol. The van der Waals surface area contributed by atoms with Gasteiger partial charge >= 0.3 is 6.09 Å². The molecule has 140 valence electrons. The summed E-state index contributed by atoms with van der Waals surface area (Å²) in [6.07, 6.45) is 3.84. The number of hydrogen-bond donors (Lipinski definition) is 1. The van der Waals surface area contributed by atoms with Gasteiger partial charge in [0.05, 0.1) is 13.2 Å². The van der Waals surface area contributed by atoms with Crippen molar-refractivity contribution in [2.24, 2.45) is 0 Å². The molecule has 1 unspecified atom stereocenters. The standard InChI is InChI=1S/C22H24N2O3/c1-16(23-21(25)11-8-17-6-4-3-5-7-17)19-10-9-18-12-13-24(22(26)27-2)15-20(18)14-19/h3-11,14,16H,12-13,15H2,1-2H3,(H,23,25)/b11-8+. The highest BCUT2D eigenvalue weighted by atomic mass is 16.5. The molecule has 0 aliphatic carbocycles. The number of benzene rings is 2. The Hall–Kier alpha value is -3.08. The number of hydrogen-bond acceptors (Lipinski definition) is 3. The van der Waals surface area contributed by atoms with E-state index in [1.54, 1.807) is 17.1 Å². The highest BCUT2D eigenvalue weighted by Gasteiger charge is 2.22. The van der Waals surface area contributed by atoms with Crippen LogP contribution in [0.15, 0.2) is 54.6 Å². The van der Waals surface area contributed by atoms with Gasteiger partial charge in [0.25, 0.3) is 0 Å². The second-order valence-corrected chi connectivity index (χ2v) is 6.64. The molecule has 2 aromatic rings. The van der Waals surface area contributed by atoms with Crippen molar-refractivity contribution in [3.63, 3.8) is 0 Å². The fourth-order valence-corrected chi connectivity index (χ4v) is 3.21. The lowest BCUT2D eigenvalue weighted by molar-refractivity contribution is -0.117. The van der Waals surface area contributed by atoms with Crippen molar-refractivity contribution >= 4 is 18.1 Å². The van der Waals surface area contributed by atoms with Crippen molar-refractivity contribution in [1.29, 1.82) is 0 Å². The molecule has 1 atom stereocenters. The molecule has 2 amide bonds. The van der Waals surface area contributed by atoms with Crippen LogP contribution < -0.4 is 5.32 Å². The van der Waals surface area contributed by atoms with E-state index < -0.39 is 0 Å². The highest BCUT2D eigenvalue weighted by molar-refractivity contribution is 5.91. The molecule has 5 heteroatoms. The van der Waals surface area contributed by atoms with Gasteiger partial charge < -0.3 is 15.0 Å². The van der Waals surface area contributed by atoms with Crippen LogP contribution in [-0.4, -0.2) is 30.6 Å². The zero-order chi connectivity index (χ0) is 19.2. The van der Waals surface area contributed by atoms with Gasteiger partial charge in [0.1, 0.15) is 0 Å². The van der Waals surface area contributed by atoms with Crippen LogP contribution in [0.4, 0.5) is 4.79 Å². The molecule has 1 heterocycles. The van der Waals surface area contributed by atoms with Gasteiger partial charge in [0.15, 0.2) is 0 Å². The summed E-state index contributed by atoms with van der Waals surface area (Å²) in [6, 6.07) is 15.8. The molecule has 0 bridgehead atoms. The summed E-state index contributed by atoms with van der Waals surface area (Å²) in [5.74, 6) is -0.139. The van der Waals surface area contributed by atoms with E-state index in [-0.39, 0.29) is 18.0 Å². The van der Waals surface area contributed by atoms with Crippen LogP contribution in [-0.2, 0) is 22.5 Å². The summed E-state index contributed by atoms with van der Waals surface area (Å²) in [5, 5.41) is 2.99. The minimum absolute atomic E-state index is 0.128. The maximum atomic E-state index is 12.2. The average Bonchev–Trinajstić information content (AvgIpc) is 2.71. The summed E-state index contributed by atoms with van der Waals surface area (Å²) in [5.41, 5.74) is 4.34. The molecule has 2 aromatic carbocycles. The zero-order valence-electron chi connectivity index (χ0n) is 15.6. The van der Waals surface area contributed by atoms with Crippen molar-refractivity contribution in [2.45, 2.75) is 25.9 Å². The third-order valence-corrected chi connectivity index (χ3v) is 4.76. The first-order chi connectivity index (χ1) is 13.1. The van der Waals surface area contributed by atoms with Crippen LogP contribution in [0, 0.1) is 0 Å². The van der Waals surface area contributed by atoms with E-state index in [0.29, 0.717) is 13.1 Å². The molecule has 1 aliphatic rings. The fourth-order valence-electron chi connectivity index (χ4n) is 3.21. The highest BCUT2D eigenvalue weighted by Crippen LogP contribution is 2.23. The Balaban J connectivity index is 1.65. The van der Waals surface area contributed by atoms with Gasteiger partial charge in [0.2, 0.25) is 5.91 Å². The Bertz CT molecular complexity index is 846. The van der Waals surface area contributed by atoms with E-state index >= 15 is 0 Å². The number of methoxy groups -OCH3 is 1. The van der Waals surface area contributed by atoms with Gasteiger partial charge in [-0.05, 0) is 41.7 Å². The summed E-state index contributed by atoms with van der Waals surface area (Å²) < 4.78 is 4.82. The normalized spacial score (nSPS) is 14.5. The van der Waals surface area contributed by atoms with Gasteiger partial charge in [-0.1, -0.05) is 48.5 Å². The molecular weight excluding hydrogens is 340 g/mol. The van der Waals surface area contributed by atoms with Crippen LogP contribution in [0.3, 0.4) is 0 Å². The molecule has 5 nitrogen and oxygen atoms in total. The third-order valence-electron chi connectivity index (χ3n) is 4.76. The number of carbonyl (C=O) groups excluding carboxylic acids is 2. The van der Waals surface area contributed by atoms with Gasteiger partial charge in [-0.25, -0.2) is 4.79 Å².